The van der Waals surface area contributed by atoms with E-state index in [1.54, 1.807) is 25.1 Å². The second-order valence-electron chi connectivity index (χ2n) is 6.06. The van der Waals surface area contributed by atoms with Crippen molar-refractivity contribution in [2.75, 3.05) is 0 Å². The number of carboxylic acid groups (broad SMARTS) is 1. The molecule has 3 nitrogen and oxygen atoms in total. The van der Waals surface area contributed by atoms with Crippen molar-refractivity contribution in [1.82, 2.24) is 0 Å². The third-order valence-electron chi connectivity index (χ3n) is 4.57. The first-order valence-corrected chi connectivity index (χ1v) is 7.57. The van der Waals surface area contributed by atoms with Crippen molar-refractivity contribution >= 4 is 17.8 Å². The lowest BCUT2D eigenvalue weighted by Crippen LogP contribution is -2.04. The second kappa shape index (κ2) is 5.51. The number of hydrogen-bond donors (Lipinski definition) is 1. The lowest BCUT2D eigenvalue weighted by Gasteiger charge is -2.06. The van der Waals surface area contributed by atoms with Crippen LogP contribution in [-0.4, -0.2) is 16.9 Å². The highest BCUT2D eigenvalue weighted by Crippen LogP contribution is 2.32. The Morgan fingerprint density at radius 3 is 2.52 bits per heavy atom. The number of Topliss-reactive ketones (excluding diaryl/α,β-unsaturated/α-hetero) is 1. The molecule has 0 heterocycles. The topological polar surface area (TPSA) is 54.4 Å². The highest BCUT2D eigenvalue weighted by Gasteiger charge is 2.27. The molecule has 23 heavy (non-hydrogen) atoms. The maximum Gasteiger partial charge on any atom is 0.336 e. The van der Waals surface area contributed by atoms with Crippen molar-refractivity contribution in [3.63, 3.8) is 0 Å². The van der Waals surface area contributed by atoms with Gasteiger partial charge in [0.15, 0.2) is 5.78 Å². The van der Waals surface area contributed by atoms with Crippen molar-refractivity contribution in [3.05, 3.63) is 74.8 Å². The van der Waals surface area contributed by atoms with Gasteiger partial charge in [-0.15, -0.1) is 0 Å². The molecule has 0 spiro atoms. The molecule has 1 N–H and O–H groups in total. The Morgan fingerprint density at radius 2 is 1.83 bits per heavy atom. The molecule has 0 unspecified atom stereocenters. The molecule has 0 amide bonds. The lowest BCUT2D eigenvalue weighted by atomic mass is 9.98. The van der Waals surface area contributed by atoms with Gasteiger partial charge in [-0.05, 0) is 54.7 Å². The van der Waals surface area contributed by atoms with Gasteiger partial charge in [0.2, 0.25) is 0 Å². The van der Waals surface area contributed by atoms with Crippen LogP contribution in [0, 0.1) is 20.8 Å². The molecular formula is C20H18O3. The van der Waals surface area contributed by atoms with Gasteiger partial charge in [0.05, 0.1) is 5.56 Å². The average Bonchev–Trinajstić information content (AvgIpc) is 2.80. The van der Waals surface area contributed by atoms with Crippen LogP contribution >= 0.6 is 0 Å². The van der Waals surface area contributed by atoms with Crippen LogP contribution in [0.5, 0.6) is 0 Å². The van der Waals surface area contributed by atoms with Gasteiger partial charge in [0.25, 0.3) is 0 Å². The van der Waals surface area contributed by atoms with E-state index in [2.05, 4.69) is 0 Å². The summed E-state index contributed by atoms with van der Waals surface area (Å²) in [7, 11) is 0. The van der Waals surface area contributed by atoms with Gasteiger partial charge in [0, 0.05) is 17.6 Å². The van der Waals surface area contributed by atoms with E-state index in [0.717, 1.165) is 22.3 Å². The monoisotopic (exact) mass is 306 g/mol. The number of rotatable bonds is 2. The van der Waals surface area contributed by atoms with Crippen molar-refractivity contribution in [2.24, 2.45) is 0 Å². The Labute approximate surface area is 135 Å². The first-order valence-electron chi connectivity index (χ1n) is 7.57. The molecule has 0 radical (unpaired) electrons. The molecule has 2 aromatic carbocycles. The summed E-state index contributed by atoms with van der Waals surface area (Å²) in [6.07, 6.45) is 2.29. The molecule has 0 atom stereocenters. The zero-order chi connectivity index (χ0) is 16.7. The van der Waals surface area contributed by atoms with Crippen LogP contribution in [0.4, 0.5) is 0 Å². The second-order valence-corrected chi connectivity index (χ2v) is 6.06. The van der Waals surface area contributed by atoms with Gasteiger partial charge >= 0.3 is 5.97 Å². The quantitative estimate of drug-likeness (QED) is 0.849. The zero-order valence-electron chi connectivity index (χ0n) is 13.4. The van der Waals surface area contributed by atoms with E-state index in [9.17, 15) is 14.7 Å². The molecule has 1 aliphatic rings. The zero-order valence-corrected chi connectivity index (χ0v) is 13.4. The minimum absolute atomic E-state index is 0.0130. The first kappa shape index (κ1) is 15.2. The molecule has 0 saturated heterocycles. The number of aryl methyl sites for hydroxylation is 2. The van der Waals surface area contributed by atoms with Gasteiger partial charge in [-0.1, -0.05) is 30.3 Å². The molecule has 3 rings (SSSR count). The van der Waals surface area contributed by atoms with E-state index >= 15 is 0 Å². The van der Waals surface area contributed by atoms with Crippen molar-refractivity contribution < 1.29 is 14.7 Å². The summed E-state index contributed by atoms with van der Waals surface area (Å²) in [5.74, 6) is -0.955. The number of aromatic carboxylic acids is 1. The highest BCUT2D eigenvalue weighted by molar-refractivity contribution is 6.17. The molecule has 0 fully saturated rings. The van der Waals surface area contributed by atoms with Gasteiger partial charge < -0.3 is 5.11 Å². The van der Waals surface area contributed by atoms with Crippen LogP contribution in [0.25, 0.3) is 6.08 Å². The predicted octanol–water partition coefficient (Wildman–Crippen LogP) is 4.13. The number of allylic oxidation sites excluding steroid dienone is 1. The van der Waals surface area contributed by atoms with Gasteiger partial charge in [-0.3, -0.25) is 4.79 Å². The van der Waals surface area contributed by atoms with Gasteiger partial charge in [-0.25, -0.2) is 4.79 Å². The third kappa shape index (κ3) is 2.48. The molecule has 1 aliphatic carbocycles. The number of carboxylic acids is 1. The summed E-state index contributed by atoms with van der Waals surface area (Å²) in [4.78, 5) is 24.2. The minimum Gasteiger partial charge on any atom is -0.478 e. The normalized spacial score (nSPS) is 15.1. The molecule has 0 aliphatic heterocycles. The fraction of sp³-hybridized carbons (Fsp3) is 0.200. The van der Waals surface area contributed by atoms with Gasteiger partial charge in [-0.2, -0.15) is 0 Å². The largest absolute Gasteiger partial charge is 0.478 e. The molecule has 0 bridgehead atoms. The number of fused-ring (bicyclic) bond motifs is 1. The lowest BCUT2D eigenvalue weighted by molar-refractivity contribution is 0.0695. The van der Waals surface area contributed by atoms with E-state index < -0.39 is 5.97 Å². The van der Waals surface area contributed by atoms with Crippen LogP contribution in [-0.2, 0) is 6.42 Å². The van der Waals surface area contributed by atoms with E-state index in [1.165, 1.54) is 0 Å². The van der Waals surface area contributed by atoms with Crippen LogP contribution < -0.4 is 0 Å². The van der Waals surface area contributed by atoms with Crippen molar-refractivity contribution in [2.45, 2.75) is 27.2 Å². The minimum atomic E-state index is -0.968. The molecular weight excluding hydrogens is 288 g/mol. The molecule has 3 heteroatoms. The fourth-order valence-electron chi connectivity index (χ4n) is 3.19. The average molecular weight is 306 g/mol. The number of benzene rings is 2. The number of hydrogen-bond acceptors (Lipinski definition) is 2. The molecule has 0 saturated carbocycles. The molecule has 116 valence electrons. The van der Waals surface area contributed by atoms with Crippen LogP contribution in [0.15, 0.2) is 35.9 Å². The first-order chi connectivity index (χ1) is 10.9. The standard InChI is InChI=1S/C20H18O3/c1-11-7-8-15-10-16(19(21)18(15)13(11)3)9-14-6-4-5-12(2)17(14)20(22)23/h4-9H,10H2,1-3H3,(H,22,23)/b16-9+. The summed E-state index contributed by atoms with van der Waals surface area (Å²) in [6.45, 7) is 5.72. The summed E-state index contributed by atoms with van der Waals surface area (Å²) in [5, 5.41) is 9.43. The predicted molar refractivity (Wildman–Crippen MR) is 90.1 cm³/mol. The Morgan fingerprint density at radius 1 is 1.09 bits per heavy atom. The summed E-state index contributed by atoms with van der Waals surface area (Å²) in [6, 6.07) is 9.35. The number of ketones is 1. The fourth-order valence-corrected chi connectivity index (χ4v) is 3.19. The Hall–Kier alpha value is -2.68. The summed E-state index contributed by atoms with van der Waals surface area (Å²) in [5.41, 5.74) is 6.11. The van der Waals surface area contributed by atoms with Crippen LogP contribution in [0.1, 0.15) is 48.5 Å². The van der Waals surface area contributed by atoms with E-state index in [1.807, 2.05) is 32.0 Å². The maximum atomic E-state index is 12.7. The van der Waals surface area contributed by atoms with E-state index in [-0.39, 0.29) is 11.3 Å². The Bertz CT molecular complexity index is 873. The van der Waals surface area contributed by atoms with Crippen LogP contribution in [0.3, 0.4) is 0 Å². The highest BCUT2D eigenvalue weighted by atomic mass is 16.4. The Kier molecular flexibility index (Phi) is 3.64. The number of carbonyl (C=O) groups is 2. The van der Waals surface area contributed by atoms with E-state index in [4.69, 9.17) is 0 Å². The summed E-state index contributed by atoms with van der Waals surface area (Å²) >= 11 is 0. The molecule has 2 aromatic rings. The third-order valence-corrected chi connectivity index (χ3v) is 4.57. The smallest absolute Gasteiger partial charge is 0.336 e. The van der Waals surface area contributed by atoms with Crippen molar-refractivity contribution in [1.29, 1.82) is 0 Å². The molecule has 0 aromatic heterocycles. The SMILES string of the molecule is Cc1ccc2c(c1C)C(=O)/C(=C/c1cccc(C)c1C(=O)O)C2. The maximum absolute atomic E-state index is 12.7. The van der Waals surface area contributed by atoms with Crippen LogP contribution in [0.2, 0.25) is 0 Å². The summed E-state index contributed by atoms with van der Waals surface area (Å²) < 4.78 is 0. The van der Waals surface area contributed by atoms with Crippen molar-refractivity contribution in [3.8, 4) is 0 Å². The van der Waals surface area contributed by atoms with Gasteiger partial charge in [0.1, 0.15) is 0 Å². The number of carbonyl (C=O) groups excluding carboxylic acids is 1. The Balaban J connectivity index is 2.11. The van der Waals surface area contributed by atoms with E-state index in [0.29, 0.717) is 23.1 Å².